The molecule has 8 nitrogen and oxygen atoms in total. The molecule has 1 aromatic carbocycles. The summed E-state index contributed by atoms with van der Waals surface area (Å²) in [4.78, 5) is 49.4. The summed E-state index contributed by atoms with van der Waals surface area (Å²) in [5.74, 6) is -0.476. The number of carbonyl (C=O) groups excluding carboxylic acids is 4. The van der Waals surface area contributed by atoms with Crippen molar-refractivity contribution in [2.45, 2.75) is 51.0 Å². The highest BCUT2D eigenvalue weighted by Gasteiger charge is 2.52. The van der Waals surface area contributed by atoms with Gasteiger partial charge in [-0.3, -0.25) is 19.8 Å². The van der Waals surface area contributed by atoms with Gasteiger partial charge in [0.15, 0.2) is 0 Å². The number of hydrogen-bond acceptors (Lipinski definition) is 4. The topological polar surface area (TPSA) is 108 Å². The normalized spacial score (nSPS) is 25.4. The third kappa shape index (κ3) is 3.34. The van der Waals surface area contributed by atoms with Gasteiger partial charge in [-0.05, 0) is 49.4 Å². The largest absolute Gasteiger partial charge is 0.344 e. The molecule has 8 heteroatoms. The lowest BCUT2D eigenvalue weighted by atomic mass is 9.82. The molecule has 2 atom stereocenters. The van der Waals surface area contributed by atoms with Crippen molar-refractivity contribution in [2.24, 2.45) is 11.8 Å². The van der Waals surface area contributed by atoms with Gasteiger partial charge in [-0.1, -0.05) is 26.2 Å². The Kier molecular flexibility index (Phi) is 4.56. The van der Waals surface area contributed by atoms with Gasteiger partial charge >= 0.3 is 6.03 Å². The Morgan fingerprint density at radius 3 is 2.36 bits per heavy atom. The predicted molar refractivity (Wildman–Crippen MR) is 101 cm³/mol. The first-order valence-electron chi connectivity index (χ1n) is 9.78. The fraction of sp³-hybridized carbons (Fsp3) is 0.500. The third-order valence-corrected chi connectivity index (χ3v) is 5.94. The summed E-state index contributed by atoms with van der Waals surface area (Å²) in [6.07, 6.45) is 4.89. The molecular formula is C20H24N4O4. The quantitative estimate of drug-likeness (QED) is 0.692. The van der Waals surface area contributed by atoms with Crippen LogP contribution in [0.4, 0.5) is 10.5 Å². The number of hydrogen-bond donors (Lipinski definition) is 3. The minimum atomic E-state index is -0.878. The van der Waals surface area contributed by atoms with Crippen LogP contribution in [-0.4, -0.2) is 34.3 Å². The molecule has 1 spiro atoms. The first-order valence-corrected chi connectivity index (χ1v) is 9.78. The van der Waals surface area contributed by atoms with Crippen LogP contribution in [0.1, 0.15) is 55.8 Å². The van der Waals surface area contributed by atoms with Gasteiger partial charge in [0, 0.05) is 17.2 Å². The van der Waals surface area contributed by atoms with Crippen molar-refractivity contribution in [1.29, 1.82) is 0 Å². The van der Waals surface area contributed by atoms with E-state index in [4.69, 9.17) is 0 Å². The van der Waals surface area contributed by atoms with Gasteiger partial charge in [0.2, 0.25) is 5.91 Å². The molecule has 5 amide bonds. The zero-order valence-corrected chi connectivity index (χ0v) is 15.8. The van der Waals surface area contributed by atoms with Crippen molar-refractivity contribution in [1.82, 2.24) is 15.8 Å². The number of rotatable bonds is 4. The minimum Gasteiger partial charge on any atom is -0.326 e. The van der Waals surface area contributed by atoms with Crippen molar-refractivity contribution < 1.29 is 19.2 Å². The summed E-state index contributed by atoms with van der Waals surface area (Å²) in [6.45, 7) is 2.03. The molecule has 148 valence electrons. The molecule has 0 bridgehead atoms. The molecule has 1 saturated heterocycles. The van der Waals surface area contributed by atoms with Crippen LogP contribution >= 0.6 is 0 Å². The first kappa shape index (κ1) is 18.5. The maximum Gasteiger partial charge on any atom is 0.344 e. The van der Waals surface area contributed by atoms with E-state index in [0.29, 0.717) is 30.0 Å². The second kappa shape index (κ2) is 6.92. The maximum absolute atomic E-state index is 12.7. The van der Waals surface area contributed by atoms with Gasteiger partial charge in [0.1, 0.15) is 5.54 Å². The van der Waals surface area contributed by atoms with Crippen molar-refractivity contribution in [2.75, 3.05) is 5.32 Å². The zero-order chi connectivity index (χ0) is 19.9. The van der Waals surface area contributed by atoms with Gasteiger partial charge in [-0.25, -0.2) is 4.79 Å². The van der Waals surface area contributed by atoms with Gasteiger partial charge in [0.25, 0.3) is 11.8 Å². The van der Waals surface area contributed by atoms with Crippen LogP contribution < -0.4 is 16.1 Å². The molecule has 1 aromatic rings. The van der Waals surface area contributed by atoms with Crippen molar-refractivity contribution in [3.63, 3.8) is 0 Å². The molecular weight excluding hydrogens is 360 g/mol. The van der Waals surface area contributed by atoms with E-state index in [1.54, 1.807) is 24.3 Å². The lowest BCUT2D eigenvalue weighted by molar-refractivity contribution is -0.134. The van der Waals surface area contributed by atoms with Gasteiger partial charge in [0.05, 0.1) is 0 Å². The van der Waals surface area contributed by atoms with E-state index in [9.17, 15) is 19.2 Å². The predicted octanol–water partition coefficient (Wildman–Crippen LogP) is 2.18. The number of anilines is 1. The molecule has 2 aliphatic carbocycles. The molecule has 3 fully saturated rings. The number of urea groups is 1. The highest BCUT2D eigenvalue weighted by molar-refractivity contribution is 6.09. The smallest absolute Gasteiger partial charge is 0.326 e. The summed E-state index contributed by atoms with van der Waals surface area (Å²) >= 11 is 0. The molecule has 3 aliphatic rings. The Hall–Kier alpha value is -2.90. The summed E-state index contributed by atoms with van der Waals surface area (Å²) in [5, 5.41) is 6.37. The van der Waals surface area contributed by atoms with Crippen LogP contribution in [0.3, 0.4) is 0 Å². The lowest BCUT2D eigenvalue weighted by Gasteiger charge is -2.30. The van der Waals surface area contributed by atoms with E-state index in [2.05, 4.69) is 16.1 Å². The van der Waals surface area contributed by atoms with Crippen LogP contribution in [0.2, 0.25) is 0 Å². The van der Waals surface area contributed by atoms with E-state index < -0.39 is 23.4 Å². The minimum absolute atomic E-state index is 0.0122. The molecule has 1 heterocycles. The molecule has 28 heavy (non-hydrogen) atoms. The number of benzene rings is 1. The monoisotopic (exact) mass is 384 g/mol. The van der Waals surface area contributed by atoms with Crippen LogP contribution in [0, 0.1) is 11.8 Å². The SMILES string of the molecule is CC1CC1C(=O)Nc1ccc(C(=O)NN2C(=O)NC3(CCCCC3)C2=O)cc1. The Morgan fingerprint density at radius 1 is 1.11 bits per heavy atom. The van der Waals surface area contributed by atoms with Gasteiger partial charge in [-0.15, -0.1) is 0 Å². The molecule has 0 aromatic heterocycles. The molecule has 1 aliphatic heterocycles. The van der Waals surface area contributed by atoms with Crippen molar-refractivity contribution in [3.05, 3.63) is 29.8 Å². The summed E-state index contributed by atoms with van der Waals surface area (Å²) in [5.41, 5.74) is 2.43. The molecule has 4 rings (SSSR count). The Bertz CT molecular complexity index is 829. The first-order chi connectivity index (χ1) is 13.4. The highest BCUT2D eigenvalue weighted by Crippen LogP contribution is 2.38. The lowest BCUT2D eigenvalue weighted by Crippen LogP contribution is -2.50. The number of hydrazine groups is 1. The van der Waals surface area contributed by atoms with Crippen molar-refractivity contribution >= 4 is 29.4 Å². The Balaban J connectivity index is 1.38. The van der Waals surface area contributed by atoms with Crippen LogP contribution in [0.5, 0.6) is 0 Å². The van der Waals surface area contributed by atoms with E-state index in [-0.39, 0.29) is 11.8 Å². The molecule has 2 saturated carbocycles. The number of imide groups is 1. The van der Waals surface area contributed by atoms with E-state index in [0.717, 1.165) is 30.7 Å². The summed E-state index contributed by atoms with van der Waals surface area (Å²) in [6, 6.07) is 5.78. The average molecular weight is 384 g/mol. The maximum atomic E-state index is 12.7. The average Bonchev–Trinajstić information content (AvgIpc) is 3.38. The standard InChI is InChI=1S/C20H24N4O4/c1-12-11-15(12)17(26)21-14-7-5-13(6-8-14)16(25)23-24-18(27)20(22-19(24)28)9-3-2-4-10-20/h5-8,12,15H,2-4,9-11H2,1H3,(H,21,26)(H,22,28)(H,23,25). The second-order valence-corrected chi connectivity index (χ2v) is 8.04. The van der Waals surface area contributed by atoms with Crippen LogP contribution in [0.15, 0.2) is 24.3 Å². The number of amides is 5. The van der Waals surface area contributed by atoms with Gasteiger partial charge < -0.3 is 10.6 Å². The molecule has 3 N–H and O–H groups in total. The van der Waals surface area contributed by atoms with Crippen molar-refractivity contribution in [3.8, 4) is 0 Å². The van der Waals surface area contributed by atoms with E-state index in [1.807, 2.05) is 6.92 Å². The number of carbonyl (C=O) groups is 4. The molecule has 0 radical (unpaired) electrons. The number of nitrogens with zero attached hydrogens (tertiary/aromatic N) is 1. The second-order valence-electron chi connectivity index (χ2n) is 8.04. The zero-order valence-electron chi connectivity index (χ0n) is 15.8. The summed E-state index contributed by atoms with van der Waals surface area (Å²) in [7, 11) is 0. The fourth-order valence-electron chi connectivity index (χ4n) is 4.01. The summed E-state index contributed by atoms with van der Waals surface area (Å²) < 4.78 is 0. The third-order valence-electron chi connectivity index (χ3n) is 5.94. The van der Waals surface area contributed by atoms with Gasteiger partial charge in [-0.2, -0.15) is 5.01 Å². The number of nitrogens with one attached hydrogen (secondary N) is 3. The van der Waals surface area contributed by atoms with E-state index >= 15 is 0 Å². The molecule has 2 unspecified atom stereocenters. The fourth-order valence-corrected chi connectivity index (χ4v) is 4.01. The van der Waals surface area contributed by atoms with Crippen LogP contribution in [-0.2, 0) is 9.59 Å². The highest BCUT2D eigenvalue weighted by atomic mass is 16.2. The Morgan fingerprint density at radius 2 is 1.75 bits per heavy atom. The van der Waals surface area contributed by atoms with E-state index in [1.165, 1.54) is 0 Å². The Labute approximate surface area is 163 Å². The van der Waals surface area contributed by atoms with Crippen LogP contribution in [0.25, 0.3) is 0 Å².